The summed E-state index contributed by atoms with van der Waals surface area (Å²) in [5.74, 6) is 1.65. The lowest BCUT2D eigenvalue weighted by molar-refractivity contribution is -0.0774. The fraction of sp³-hybridized carbons (Fsp3) is 1.00. The van der Waals surface area contributed by atoms with Crippen molar-refractivity contribution in [3.05, 3.63) is 0 Å². The van der Waals surface area contributed by atoms with Crippen LogP contribution in [0.3, 0.4) is 0 Å². The zero-order chi connectivity index (χ0) is 10.9. The Bertz CT molecular complexity index is 301. The van der Waals surface area contributed by atoms with E-state index in [1.54, 1.807) is 0 Å². The molecule has 0 amide bonds. The highest BCUT2D eigenvalue weighted by atomic mass is 16.7. The highest BCUT2D eigenvalue weighted by molar-refractivity contribution is 5.14. The maximum atomic E-state index is 6.49. The van der Waals surface area contributed by atoms with Crippen LogP contribution in [0.25, 0.3) is 0 Å². The van der Waals surface area contributed by atoms with Crippen LogP contribution in [-0.4, -0.2) is 24.5 Å². The Labute approximate surface area is 96.7 Å². The van der Waals surface area contributed by atoms with Crippen molar-refractivity contribution in [3.8, 4) is 0 Å². The first kappa shape index (κ1) is 9.86. The monoisotopic (exact) mass is 223 g/mol. The van der Waals surface area contributed by atoms with Gasteiger partial charge in [0, 0.05) is 6.04 Å². The summed E-state index contributed by atoms with van der Waals surface area (Å²) in [7, 11) is 0. The van der Waals surface area contributed by atoms with E-state index in [4.69, 9.17) is 15.2 Å². The fourth-order valence-corrected chi connectivity index (χ4v) is 5.10. The van der Waals surface area contributed by atoms with Crippen LogP contribution in [0.15, 0.2) is 0 Å². The summed E-state index contributed by atoms with van der Waals surface area (Å²) in [6.45, 7) is 2.01. The minimum Gasteiger partial charge on any atom is -0.347 e. The van der Waals surface area contributed by atoms with Gasteiger partial charge in [-0.25, -0.2) is 0 Å². The highest BCUT2D eigenvalue weighted by Gasteiger charge is 2.63. The lowest BCUT2D eigenvalue weighted by atomic mass is 9.68. The number of hydrogen-bond acceptors (Lipinski definition) is 3. The zero-order valence-corrected chi connectivity index (χ0v) is 9.89. The van der Waals surface area contributed by atoms with E-state index in [1.165, 1.54) is 19.3 Å². The van der Waals surface area contributed by atoms with Gasteiger partial charge in [-0.15, -0.1) is 0 Å². The molecule has 2 bridgehead atoms. The molecule has 7 atom stereocenters. The third-order valence-electron chi connectivity index (χ3n) is 5.77. The first-order chi connectivity index (χ1) is 7.69. The van der Waals surface area contributed by atoms with E-state index < -0.39 is 0 Å². The molecule has 1 spiro atoms. The molecule has 4 fully saturated rings. The van der Waals surface area contributed by atoms with Crippen LogP contribution in [0.4, 0.5) is 0 Å². The Balaban J connectivity index is 1.62. The number of hydrogen-bond donors (Lipinski definition) is 1. The molecule has 3 heteroatoms. The minimum absolute atomic E-state index is 0.00200. The van der Waals surface area contributed by atoms with Crippen molar-refractivity contribution in [3.63, 3.8) is 0 Å². The molecule has 0 aromatic carbocycles. The van der Waals surface area contributed by atoms with E-state index in [1.807, 2.05) is 6.92 Å². The quantitative estimate of drug-likeness (QED) is 0.679. The maximum absolute atomic E-state index is 6.49. The van der Waals surface area contributed by atoms with E-state index in [9.17, 15) is 0 Å². The molecule has 1 aliphatic heterocycles. The van der Waals surface area contributed by atoms with Crippen molar-refractivity contribution >= 4 is 0 Å². The Morgan fingerprint density at radius 3 is 2.38 bits per heavy atom. The van der Waals surface area contributed by atoms with Crippen LogP contribution in [-0.2, 0) is 9.47 Å². The standard InChI is InChI=1S/C13H21NO2/c1-7-15-10-5-13(6-11(10)16-7)9-3-2-8(4-9)12(13)14/h7-12H,2-6,14H2,1H3/t7-,8-,9+,10?,11-,12+,13-/m0/s1. The summed E-state index contributed by atoms with van der Waals surface area (Å²) < 4.78 is 11.7. The third kappa shape index (κ3) is 1.05. The summed E-state index contributed by atoms with van der Waals surface area (Å²) in [5, 5.41) is 0. The van der Waals surface area contributed by atoms with E-state index in [0.717, 1.165) is 24.7 Å². The topological polar surface area (TPSA) is 44.5 Å². The molecule has 0 aromatic heterocycles. The average molecular weight is 223 g/mol. The third-order valence-corrected chi connectivity index (χ3v) is 5.77. The smallest absolute Gasteiger partial charge is 0.155 e. The fourth-order valence-electron chi connectivity index (χ4n) is 5.10. The molecule has 1 saturated heterocycles. The Kier molecular flexibility index (Phi) is 1.85. The average Bonchev–Trinajstić information content (AvgIpc) is 2.89. The van der Waals surface area contributed by atoms with Crippen LogP contribution in [0.5, 0.6) is 0 Å². The Morgan fingerprint density at radius 1 is 1.12 bits per heavy atom. The molecule has 4 rings (SSSR count). The second-order valence-corrected chi connectivity index (χ2v) is 6.35. The van der Waals surface area contributed by atoms with E-state index in [2.05, 4.69) is 0 Å². The summed E-state index contributed by atoms with van der Waals surface area (Å²) in [6, 6.07) is 0.416. The van der Waals surface area contributed by atoms with Gasteiger partial charge in [0.25, 0.3) is 0 Å². The second kappa shape index (κ2) is 3.01. The second-order valence-electron chi connectivity index (χ2n) is 6.35. The molecule has 0 radical (unpaired) electrons. The van der Waals surface area contributed by atoms with Gasteiger partial charge < -0.3 is 15.2 Å². The lowest BCUT2D eigenvalue weighted by Crippen LogP contribution is -2.45. The maximum Gasteiger partial charge on any atom is 0.155 e. The number of nitrogens with two attached hydrogens (primary N) is 1. The first-order valence-electron chi connectivity index (χ1n) is 6.75. The van der Waals surface area contributed by atoms with Crippen LogP contribution >= 0.6 is 0 Å². The van der Waals surface area contributed by atoms with Crippen LogP contribution in [0.1, 0.15) is 39.0 Å². The van der Waals surface area contributed by atoms with Crippen LogP contribution in [0.2, 0.25) is 0 Å². The van der Waals surface area contributed by atoms with Gasteiger partial charge in [-0.3, -0.25) is 0 Å². The number of fused-ring (bicyclic) bond motifs is 4. The van der Waals surface area contributed by atoms with Gasteiger partial charge >= 0.3 is 0 Å². The molecule has 3 nitrogen and oxygen atoms in total. The first-order valence-corrected chi connectivity index (χ1v) is 6.75. The lowest BCUT2D eigenvalue weighted by Gasteiger charge is -2.39. The van der Waals surface area contributed by atoms with Crippen molar-refractivity contribution in [1.29, 1.82) is 0 Å². The Morgan fingerprint density at radius 2 is 1.81 bits per heavy atom. The van der Waals surface area contributed by atoms with Crippen LogP contribution in [0, 0.1) is 17.3 Å². The van der Waals surface area contributed by atoms with Gasteiger partial charge in [-0.05, 0) is 56.3 Å². The molecule has 1 unspecified atom stereocenters. The highest BCUT2D eigenvalue weighted by Crippen LogP contribution is 2.63. The molecule has 3 saturated carbocycles. The molecule has 90 valence electrons. The van der Waals surface area contributed by atoms with Gasteiger partial charge in [-0.1, -0.05) is 0 Å². The van der Waals surface area contributed by atoms with Crippen molar-refractivity contribution in [2.24, 2.45) is 23.0 Å². The Hall–Kier alpha value is -0.120. The summed E-state index contributed by atoms with van der Waals surface area (Å²) in [5.41, 5.74) is 6.86. The largest absolute Gasteiger partial charge is 0.347 e. The molecule has 0 aromatic rings. The molecular weight excluding hydrogens is 202 g/mol. The predicted molar refractivity (Wildman–Crippen MR) is 59.7 cm³/mol. The van der Waals surface area contributed by atoms with E-state index in [0.29, 0.717) is 23.7 Å². The summed E-state index contributed by atoms with van der Waals surface area (Å²) in [6.07, 6.45) is 7.11. The van der Waals surface area contributed by atoms with E-state index in [-0.39, 0.29) is 6.29 Å². The van der Waals surface area contributed by atoms with Gasteiger partial charge in [0.1, 0.15) is 0 Å². The normalized spacial score (nSPS) is 63.4. The van der Waals surface area contributed by atoms with E-state index >= 15 is 0 Å². The van der Waals surface area contributed by atoms with Crippen LogP contribution < -0.4 is 5.73 Å². The molecule has 3 aliphatic carbocycles. The van der Waals surface area contributed by atoms with Crippen molar-refractivity contribution < 1.29 is 9.47 Å². The molecular formula is C13H21NO2. The molecule has 1 heterocycles. The van der Waals surface area contributed by atoms with Crippen molar-refractivity contribution in [2.75, 3.05) is 0 Å². The van der Waals surface area contributed by atoms with Gasteiger partial charge in [-0.2, -0.15) is 0 Å². The molecule has 16 heavy (non-hydrogen) atoms. The summed E-state index contributed by atoms with van der Waals surface area (Å²) in [4.78, 5) is 0. The number of ether oxygens (including phenoxy) is 2. The molecule has 2 N–H and O–H groups in total. The zero-order valence-electron chi connectivity index (χ0n) is 9.89. The SMILES string of the molecule is C[C@H]1OC2C[C@]3(C[C@@H]2O1)[C@@H]1CC[C@@H](C1)[C@H]3N. The molecule has 4 aliphatic rings. The summed E-state index contributed by atoms with van der Waals surface area (Å²) >= 11 is 0. The van der Waals surface area contributed by atoms with Gasteiger partial charge in [0.2, 0.25) is 0 Å². The van der Waals surface area contributed by atoms with Crippen molar-refractivity contribution in [1.82, 2.24) is 0 Å². The van der Waals surface area contributed by atoms with Gasteiger partial charge in [0.05, 0.1) is 12.2 Å². The number of rotatable bonds is 0. The predicted octanol–water partition coefficient (Wildman–Crippen LogP) is 1.65. The van der Waals surface area contributed by atoms with Crippen molar-refractivity contribution in [2.45, 2.75) is 63.6 Å². The minimum atomic E-state index is 0.00200. The van der Waals surface area contributed by atoms with Gasteiger partial charge in [0.15, 0.2) is 6.29 Å².